The summed E-state index contributed by atoms with van der Waals surface area (Å²) in [5, 5.41) is 4.08. The van der Waals surface area contributed by atoms with Gasteiger partial charge in [-0.2, -0.15) is 4.98 Å². The highest BCUT2D eigenvalue weighted by Gasteiger charge is 2.05. The number of aromatic nitrogens is 3. The van der Waals surface area contributed by atoms with E-state index < -0.39 is 0 Å². The molecule has 6 heteroatoms. The van der Waals surface area contributed by atoms with E-state index in [0.29, 0.717) is 19.1 Å². The topological polar surface area (TPSA) is 75.2 Å². The van der Waals surface area contributed by atoms with E-state index in [1.54, 1.807) is 4.68 Å². The Morgan fingerprint density at radius 2 is 2.06 bits per heavy atom. The third-order valence-corrected chi connectivity index (χ3v) is 2.39. The molecule has 2 rings (SSSR count). The van der Waals surface area contributed by atoms with E-state index in [4.69, 9.17) is 15.2 Å². The second kappa shape index (κ2) is 5.90. The molecule has 0 spiro atoms. The molecule has 0 aliphatic rings. The summed E-state index contributed by atoms with van der Waals surface area (Å²) in [6.07, 6.45) is 0.797. The highest BCUT2D eigenvalue weighted by atomic mass is 16.5. The number of nitrogens with zero attached hydrogens (tertiary/aromatic N) is 3. The summed E-state index contributed by atoms with van der Waals surface area (Å²) >= 11 is 0. The Labute approximate surface area is 105 Å². The summed E-state index contributed by atoms with van der Waals surface area (Å²) in [5.41, 5.74) is 5.68. The molecule has 6 nitrogen and oxygen atoms in total. The first kappa shape index (κ1) is 12.2. The summed E-state index contributed by atoms with van der Waals surface area (Å²) in [4.78, 5) is 3.93. The summed E-state index contributed by atoms with van der Waals surface area (Å²) in [6, 6.07) is 9.97. The van der Waals surface area contributed by atoms with E-state index in [-0.39, 0.29) is 6.01 Å². The van der Waals surface area contributed by atoms with Gasteiger partial charge in [-0.3, -0.25) is 0 Å². The standard InChI is InChI=1S/C12H16N4O2/c1-17-12-14-11(13)16(15-12)8-5-9-18-10-6-3-2-4-7-10/h2-4,6-7H,5,8-9H2,1H3,(H2,13,14,15). The largest absolute Gasteiger partial charge is 0.494 e. The Bertz CT molecular complexity index is 484. The van der Waals surface area contributed by atoms with E-state index in [2.05, 4.69) is 10.1 Å². The molecule has 0 saturated heterocycles. The van der Waals surface area contributed by atoms with E-state index in [1.807, 2.05) is 30.3 Å². The van der Waals surface area contributed by atoms with Crippen LogP contribution < -0.4 is 15.2 Å². The average molecular weight is 248 g/mol. The number of nitrogens with two attached hydrogens (primary N) is 1. The lowest BCUT2D eigenvalue weighted by Gasteiger charge is -2.06. The first-order valence-electron chi connectivity index (χ1n) is 5.72. The van der Waals surface area contributed by atoms with Gasteiger partial charge in [0, 0.05) is 13.0 Å². The van der Waals surface area contributed by atoms with Gasteiger partial charge in [-0.15, -0.1) is 5.10 Å². The molecular formula is C12H16N4O2. The SMILES string of the molecule is COc1nc(N)n(CCCOc2ccccc2)n1. The number of rotatable bonds is 6. The van der Waals surface area contributed by atoms with Crippen molar-refractivity contribution in [2.24, 2.45) is 0 Å². The smallest absolute Gasteiger partial charge is 0.337 e. The Morgan fingerprint density at radius 1 is 1.28 bits per heavy atom. The van der Waals surface area contributed by atoms with Gasteiger partial charge in [0.25, 0.3) is 0 Å². The number of anilines is 1. The summed E-state index contributed by atoms with van der Waals surface area (Å²) < 4.78 is 12.1. The molecule has 0 fully saturated rings. The van der Waals surface area contributed by atoms with Gasteiger partial charge in [-0.1, -0.05) is 18.2 Å². The lowest BCUT2D eigenvalue weighted by atomic mass is 10.3. The molecule has 2 N–H and O–H groups in total. The maximum absolute atomic E-state index is 5.68. The van der Waals surface area contributed by atoms with E-state index in [9.17, 15) is 0 Å². The van der Waals surface area contributed by atoms with Crippen molar-refractivity contribution in [3.63, 3.8) is 0 Å². The van der Waals surface area contributed by atoms with Crippen LogP contribution in [0.15, 0.2) is 30.3 Å². The molecule has 1 aromatic carbocycles. The number of methoxy groups -OCH3 is 1. The molecule has 0 aliphatic carbocycles. The lowest BCUT2D eigenvalue weighted by Crippen LogP contribution is -2.08. The zero-order valence-electron chi connectivity index (χ0n) is 10.2. The van der Waals surface area contributed by atoms with Gasteiger partial charge < -0.3 is 15.2 Å². The predicted octanol–water partition coefficient (Wildman–Crippen LogP) is 1.34. The van der Waals surface area contributed by atoms with Crippen molar-refractivity contribution >= 4 is 5.95 Å². The number of aryl methyl sites for hydroxylation is 1. The van der Waals surface area contributed by atoms with Gasteiger partial charge in [0.05, 0.1) is 13.7 Å². The number of benzene rings is 1. The van der Waals surface area contributed by atoms with Crippen LogP contribution in [-0.2, 0) is 6.54 Å². The molecule has 0 aliphatic heterocycles. The van der Waals surface area contributed by atoms with Gasteiger partial charge in [0.1, 0.15) is 5.75 Å². The molecule has 0 bridgehead atoms. The van der Waals surface area contributed by atoms with Crippen LogP contribution in [0, 0.1) is 0 Å². The van der Waals surface area contributed by atoms with Crippen LogP contribution in [-0.4, -0.2) is 28.5 Å². The molecule has 1 heterocycles. The Morgan fingerprint density at radius 3 is 2.72 bits per heavy atom. The van der Waals surface area contributed by atoms with Crippen molar-refractivity contribution in [2.45, 2.75) is 13.0 Å². The molecule has 1 aromatic heterocycles. The number of para-hydroxylation sites is 1. The number of ether oxygens (including phenoxy) is 2. The minimum Gasteiger partial charge on any atom is -0.494 e. The molecule has 0 saturated carbocycles. The number of nitrogen functional groups attached to an aromatic ring is 1. The fraction of sp³-hybridized carbons (Fsp3) is 0.333. The summed E-state index contributed by atoms with van der Waals surface area (Å²) in [7, 11) is 1.51. The summed E-state index contributed by atoms with van der Waals surface area (Å²) in [5.74, 6) is 1.22. The molecule has 2 aromatic rings. The zero-order chi connectivity index (χ0) is 12.8. The van der Waals surface area contributed by atoms with Crippen molar-refractivity contribution in [1.29, 1.82) is 0 Å². The third kappa shape index (κ3) is 3.13. The van der Waals surface area contributed by atoms with Gasteiger partial charge >= 0.3 is 6.01 Å². The van der Waals surface area contributed by atoms with Crippen LogP contribution in [0.25, 0.3) is 0 Å². The van der Waals surface area contributed by atoms with Gasteiger partial charge in [-0.25, -0.2) is 4.68 Å². The Kier molecular flexibility index (Phi) is 4.01. The van der Waals surface area contributed by atoms with Crippen LogP contribution in [0.3, 0.4) is 0 Å². The molecular weight excluding hydrogens is 232 g/mol. The highest BCUT2D eigenvalue weighted by molar-refractivity contribution is 5.21. The lowest BCUT2D eigenvalue weighted by molar-refractivity contribution is 0.297. The second-order valence-corrected chi connectivity index (χ2v) is 3.69. The van der Waals surface area contributed by atoms with Crippen LogP contribution >= 0.6 is 0 Å². The maximum atomic E-state index is 5.68. The predicted molar refractivity (Wildman–Crippen MR) is 67.5 cm³/mol. The van der Waals surface area contributed by atoms with Crippen molar-refractivity contribution < 1.29 is 9.47 Å². The average Bonchev–Trinajstić information content (AvgIpc) is 2.77. The Hall–Kier alpha value is -2.24. The summed E-state index contributed by atoms with van der Waals surface area (Å²) in [6.45, 7) is 1.25. The van der Waals surface area contributed by atoms with Gasteiger partial charge in [-0.05, 0) is 12.1 Å². The first-order valence-corrected chi connectivity index (χ1v) is 5.72. The van der Waals surface area contributed by atoms with E-state index >= 15 is 0 Å². The fourth-order valence-corrected chi connectivity index (χ4v) is 1.50. The van der Waals surface area contributed by atoms with Crippen LogP contribution in [0.2, 0.25) is 0 Å². The molecule has 96 valence electrons. The molecule has 18 heavy (non-hydrogen) atoms. The van der Waals surface area contributed by atoms with Crippen molar-refractivity contribution in [3.8, 4) is 11.8 Å². The van der Waals surface area contributed by atoms with E-state index in [0.717, 1.165) is 12.2 Å². The van der Waals surface area contributed by atoms with Crippen molar-refractivity contribution in [1.82, 2.24) is 14.8 Å². The Balaban J connectivity index is 1.76. The van der Waals surface area contributed by atoms with Gasteiger partial charge in [0.15, 0.2) is 0 Å². The molecule has 0 amide bonds. The van der Waals surface area contributed by atoms with E-state index in [1.165, 1.54) is 7.11 Å². The minimum atomic E-state index is 0.288. The van der Waals surface area contributed by atoms with Gasteiger partial charge in [0.2, 0.25) is 5.95 Å². The minimum absolute atomic E-state index is 0.288. The van der Waals surface area contributed by atoms with Crippen molar-refractivity contribution in [2.75, 3.05) is 19.5 Å². The molecule has 0 atom stereocenters. The quantitative estimate of drug-likeness (QED) is 0.781. The normalized spacial score (nSPS) is 10.3. The highest BCUT2D eigenvalue weighted by Crippen LogP contribution is 2.10. The second-order valence-electron chi connectivity index (χ2n) is 3.69. The maximum Gasteiger partial charge on any atom is 0.337 e. The number of hydrogen-bond acceptors (Lipinski definition) is 5. The molecule has 0 unspecified atom stereocenters. The van der Waals surface area contributed by atoms with Crippen LogP contribution in [0.1, 0.15) is 6.42 Å². The van der Waals surface area contributed by atoms with Crippen LogP contribution in [0.5, 0.6) is 11.8 Å². The van der Waals surface area contributed by atoms with Crippen molar-refractivity contribution in [3.05, 3.63) is 30.3 Å². The molecule has 0 radical (unpaired) electrons. The third-order valence-electron chi connectivity index (χ3n) is 2.39. The monoisotopic (exact) mass is 248 g/mol. The fourth-order valence-electron chi connectivity index (χ4n) is 1.50. The van der Waals surface area contributed by atoms with Crippen LogP contribution in [0.4, 0.5) is 5.95 Å². The number of hydrogen-bond donors (Lipinski definition) is 1. The zero-order valence-corrected chi connectivity index (χ0v) is 10.2. The first-order chi connectivity index (χ1) is 8.79.